The summed E-state index contributed by atoms with van der Waals surface area (Å²) in [5.74, 6) is -1.42. The highest BCUT2D eigenvalue weighted by molar-refractivity contribution is 6.23. The maximum Gasteiger partial charge on any atom is 0.337 e. The van der Waals surface area contributed by atoms with E-state index in [0.29, 0.717) is 37.1 Å². The van der Waals surface area contributed by atoms with Crippen molar-refractivity contribution in [2.75, 3.05) is 18.6 Å². The van der Waals surface area contributed by atoms with Gasteiger partial charge < -0.3 is 9.64 Å². The Morgan fingerprint density at radius 1 is 1.06 bits per heavy atom. The van der Waals surface area contributed by atoms with E-state index in [1.807, 2.05) is 37.3 Å². The van der Waals surface area contributed by atoms with Gasteiger partial charge in [-0.25, -0.2) is 9.69 Å². The van der Waals surface area contributed by atoms with Gasteiger partial charge in [0.25, 0.3) is 5.91 Å². The van der Waals surface area contributed by atoms with Crippen LogP contribution >= 0.6 is 0 Å². The molecule has 7 heteroatoms. The molecular weight excluding hydrogens is 396 g/mol. The molecule has 0 aliphatic carbocycles. The van der Waals surface area contributed by atoms with Crippen LogP contribution in [0.4, 0.5) is 5.69 Å². The molecule has 0 N–H and O–H groups in total. The van der Waals surface area contributed by atoms with Gasteiger partial charge in [-0.2, -0.15) is 0 Å². The van der Waals surface area contributed by atoms with Crippen molar-refractivity contribution in [3.05, 3.63) is 65.7 Å². The average molecular weight is 422 g/mol. The van der Waals surface area contributed by atoms with E-state index in [4.69, 9.17) is 0 Å². The Morgan fingerprint density at radius 2 is 1.74 bits per heavy atom. The number of carbonyl (C=O) groups excluding carboxylic acids is 4. The average Bonchev–Trinajstić information content (AvgIpc) is 3.08. The molecule has 0 bridgehead atoms. The van der Waals surface area contributed by atoms with E-state index in [2.05, 4.69) is 4.74 Å². The van der Waals surface area contributed by atoms with Gasteiger partial charge in [0, 0.05) is 13.0 Å². The summed E-state index contributed by atoms with van der Waals surface area (Å²) in [6.07, 6.45) is 1.53. The molecular formula is C24H26N2O5. The number of ether oxygens (including phenoxy) is 1. The van der Waals surface area contributed by atoms with Crippen molar-refractivity contribution in [1.82, 2.24) is 4.90 Å². The Kier molecular flexibility index (Phi) is 7.18. The molecule has 1 saturated heterocycles. The molecule has 1 aliphatic heterocycles. The number of nitrogens with zero attached hydrogens (tertiary/aromatic N) is 2. The summed E-state index contributed by atoms with van der Waals surface area (Å²) in [4.78, 5) is 52.9. The van der Waals surface area contributed by atoms with Gasteiger partial charge >= 0.3 is 5.97 Å². The SMILES string of the molecule is CCCC(=O)N(CCc1ccccc1)C1CC(=O)N(c2ccc(C(=O)OC)cc2)C1=O. The van der Waals surface area contributed by atoms with Crippen LogP contribution in [0.2, 0.25) is 0 Å². The predicted molar refractivity (Wildman–Crippen MR) is 115 cm³/mol. The van der Waals surface area contributed by atoms with E-state index in [9.17, 15) is 19.2 Å². The Labute approximate surface area is 181 Å². The predicted octanol–water partition coefficient (Wildman–Crippen LogP) is 2.98. The lowest BCUT2D eigenvalue weighted by atomic mass is 10.1. The Balaban J connectivity index is 1.80. The third kappa shape index (κ3) is 4.99. The van der Waals surface area contributed by atoms with Crippen LogP contribution in [0, 0.1) is 0 Å². The van der Waals surface area contributed by atoms with Crippen molar-refractivity contribution >= 4 is 29.4 Å². The Hall–Kier alpha value is -3.48. The molecule has 162 valence electrons. The molecule has 2 aromatic carbocycles. The van der Waals surface area contributed by atoms with Gasteiger partial charge in [-0.3, -0.25) is 14.4 Å². The standard InChI is InChI=1S/C24H26N2O5/c1-3-7-21(27)25(15-14-17-8-5-4-6-9-17)20-16-22(28)26(23(20)29)19-12-10-18(11-13-19)24(30)31-2/h4-6,8-13,20H,3,7,14-16H2,1-2H3. The molecule has 7 nitrogen and oxygen atoms in total. The quantitative estimate of drug-likeness (QED) is 0.482. The van der Waals surface area contributed by atoms with Gasteiger partial charge in [-0.1, -0.05) is 37.3 Å². The minimum atomic E-state index is -0.824. The molecule has 3 rings (SSSR count). The first-order valence-electron chi connectivity index (χ1n) is 10.3. The highest BCUT2D eigenvalue weighted by Crippen LogP contribution is 2.27. The molecule has 1 unspecified atom stereocenters. The fourth-order valence-electron chi connectivity index (χ4n) is 3.70. The lowest BCUT2D eigenvalue weighted by Crippen LogP contribution is -2.46. The highest BCUT2D eigenvalue weighted by Gasteiger charge is 2.44. The normalized spacial score (nSPS) is 15.8. The molecule has 1 fully saturated rings. The molecule has 0 spiro atoms. The van der Waals surface area contributed by atoms with Gasteiger partial charge in [-0.15, -0.1) is 0 Å². The van der Waals surface area contributed by atoms with Crippen LogP contribution in [0.3, 0.4) is 0 Å². The lowest BCUT2D eigenvalue weighted by molar-refractivity contribution is -0.138. The smallest absolute Gasteiger partial charge is 0.337 e. The summed E-state index contributed by atoms with van der Waals surface area (Å²) in [6, 6.07) is 15.0. The summed E-state index contributed by atoms with van der Waals surface area (Å²) in [5.41, 5.74) is 1.75. The number of benzene rings is 2. The molecule has 31 heavy (non-hydrogen) atoms. The van der Waals surface area contributed by atoms with Gasteiger partial charge in [-0.05, 0) is 42.7 Å². The van der Waals surface area contributed by atoms with E-state index in [1.54, 1.807) is 4.90 Å². The topological polar surface area (TPSA) is 84.0 Å². The summed E-state index contributed by atoms with van der Waals surface area (Å²) in [5, 5.41) is 0. The zero-order chi connectivity index (χ0) is 22.4. The van der Waals surface area contributed by atoms with E-state index in [1.165, 1.54) is 31.4 Å². The fraction of sp³-hybridized carbons (Fsp3) is 0.333. The van der Waals surface area contributed by atoms with Crippen LogP contribution < -0.4 is 4.90 Å². The molecule has 1 aliphatic rings. The van der Waals surface area contributed by atoms with Crippen LogP contribution in [-0.2, 0) is 25.5 Å². The fourth-order valence-corrected chi connectivity index (χ4v) is 3.70. The zero-order valence-electron chi connectivity index (χ0n) is 17.7. The molecule has 1 atom stereocenters. The number of hydrogen-bond donors (Lipinski definition) is 0. The minimum Gasteiger partial charge on any atom is -0.465 e. The first-order chi connectivity index (χ1) is 15.0. The van der Waals surface area contributed by atoms with E-state index in [-0.39, 0.29) is 18.2 Å². The highest BCUT2D eigenvalue weighted by atomic mass is 16.5. The molecule has 3 amide bonds. The maximum atomic E-state index is 13.2. The second-order valence-corrected chi connectivity index (χ2v) is 7.40. The molecule has 1 heterocycles. The van der Waals surface area contributed by atoms with Gasteiger partial charge in [0.2, 0.25) is 11.8 Å². The van der Waals surface area contributed by atoms with E-state index >= 15 is 0 Å². The number of esters is 1. The second kappa shape index (κ2) is 10.0. The van der Waals surface area contributed by atoms with Crippen molar-refractivity contribution in [1.29, 1.82) is 0 Å². The number of anilines is 1. The summed E-state index contributed by atoms with van der Waals surface area (Å²) < 4.78 is 4.67. The summed E-state index contributed by atoms with van der Waals surface area (Å²) in [6.45, 7) is 2.27. The second-order valence-electron chi connectivity index (χ2n) is 7.40. The third-order valence-electron chi connectivity index (χ3n) is 5.31. The van der Waals surface area contributed by atoms with E-state index in [0.717, 1.165) is 10.5 Å². The van der Waals surface area contributed by atoms with Gasteiger partial charge in [0.1, 0.15) is 6.04 Å². The summed E-state index contributed by atoms with van der Waals surface area (Å²) >= 11 is 0. The maximum absolute atomic E-state index is 13.2. The molecule has 0 radical (unpaired) electrons. The van der Waals surface area contributed by atoms with Crippen LogP contribution in [-0.4, -0.2) is 48.3 Å². The van der Waals surface area contributed by atoms with Crippen LogP contribution in [0.15, 0.2) is 54.6 Å². The lowest BCUT2D eigenvalue weighted by Gasteiger charge is -2.28. The number of carbonyl (C=O) groups is 4. The van der Waals surface area contributed by atoms with Crippen LogP contribution in [0.25, 0.3) is 0 Å². The monoisotopic (exact) mass is 422 g/mol. The van der Waals surface area contributed by atoms with Crippen molar-refractivity contribution < 1.29 is 23.9 Å². The number of methoxy groups -OCH3 is 1. The van der Waals surface area contributed by atoms with E-state index < -0.39 is 17.9 Å². The van der Waals surface area contributed by atoms with Crippen molar-refractivity contribution in [3.8, 4) is 0 Å². The Morgan fingerprint density at radius 3 is 2.35 bits per heavy atom. The number of amides is 3. The molecule has 2 aromatic rings. The number of imide groups is 1. The minimum absolute atomic E-state index is 0.0537. The first kappa shape index (κ1) is 22.2. The number of rotatable bonds is 8. The van der Waals surface area contributed by atoms with Gasteiger partial charge in [0.15, 0.2) is 0 Å². The molecule has 0 saturated carbocycles. The van der Waals surface area contributed by atoms with Crippen LogP contribution in [0.5, 0.6) is 0 Å². The zero-order valence-corrected chi connectivity index (χ0v) is 17.7. The summed E-state index contributed by atoms with van der Waals surface area (Å²) in [7, 11) is 1.28. The number of hydrogen-bond acceptors (Lipinski definition) is 5. The van der Waals surface area contributed by atoms with Crippen LogP contribution in [0.1, 0.15) is 42.1 Å². The molecule has 0 aromatic heterocycles. The first-order valence-corrected chi connectivity index (χ1v) is 10.3. The third-order valence-corrected chi connectivity index (χ3v) is 5.31. The van der Waals surface area contributed by atoms with Crippen molar-refractivity contribution in [2.45, 2.75) is 38.6 Å². The van der Waals surface area contributed by atoms with Crippen molar-refractivity contribution in [2.24, 2.45) is 0 Å². The van der Waals surface area contributed by atoms with Crippen molar-refractivity contribution in [3.63, 3.8) is 0 Å². The van der Waals surface area contributed by atoms with Gasteiger partial charge in [0.05, 0.1) is 24.8 Å². The Bertz CT molecular complexity index is 956. The largest absolute Gasteiger partial charge is 0.465 e.